The lowest BCUT2D eigenvalue weighted by Crippen LogP contribution is -2.19. The van der Waals surface area contributed by atoms with Crippen LogP contribution in [0.25, 0.3) is 10.9 Å². The Morgan fingerprint density at radius 3 is 2.48 bits per heavy atom. The Morgan fingerprint density at radius 2 is 1.72 bits per heavy atom. The minimum Gasteiger partial charge on any atom is -0.343 e. The second kappa shape index (κ2) is 8.72. The van der Waals surface area contributed by atoms with E-state index in [0.29, 0.717) is 16.6 Å². The molecule has 0 aliphatic rings. The molecular weight excluding hydrogens is 353 g/mol. The maximum absolute atomic E-state index is 6.35. The van der Waals surface area contributed by atoms with Crippen LogP contribution in [0.4, 0.5) is 0 Å². The highest BCUT2D eigenvalue weighted by atomic mass is 35.5. The first-order chi connectivity index (χ1) is 12.2. The predicted molar refractivity (Wildman–Crippen MR) is 108 cm³/mol. The van der Waals surface area contributed by atoms with Crippen LogP contribution < -0.4 is 10.6 Å². The van der Waals surface area contributed by atoms with Gasteiger partial charge in [0.05, 0.1) is 6.54 Å². The molecule has 0 aliphatic carbocycles. The van der Waals surface area contributed by atoms with Gasteiger partial charge in [0, 0.05) is 39.3 Å². The maximum atomic E-state index is 6.35. The quantitative estimate of drug-likeness (QED) is 0.558. The summed E-state index contributed by atoms with van der Waals surface area (Å²) in [5, 5.41) is 9.37. The summed E-state index contributed by atoms with van der Waals surface area (Å²) >= 11 is 12.7. The van der Waals surface area contributed by atoms with Gasteiger partial charge >= 0.3 is 0 Å². The Labute approximate surface area is 158 Å². The summed E-state index contributed by atoms with van der Waals surface area (Å²) in [4.78, 5) is 0. The number of hydrogen-bond donors (Lipinski definition) is 2. The fourth-order valence-electron chi connectivity index (χ4n) is 3.06. The van der Waals surface area contributed by atoms with Gasteiger partial charge in [-0.2, -0.15) is 0 Å². The first-order valence-corrected chi connectivity index (χ1v) is 9.31. The summed E-state index contributed by atoms with van der Waals surface area (Å²) in [5.74, 6) is 0. The summed E-state index contributed by atoms with van der Waals surface area (Å²) in [7, 11) is 1.98. The zero-order chi connectivity index (χ0) is 17.6. The molecule has 3 nitrogen and oxygen atoms in total. The molecule has 3 rings (SSSR count). The Morgan fingerprint density at radius 1 is 0.960 bits per heavy atom. The fourth-order valence-corrected chi connectivity index (χ4v) is 3.58. The van der Waals surface area contributed by atoms with Crippen molar-refractivity contribution in [3.63, 3.8) is 0 Å². The summed E-state index contributed by atoms with van der Waals surface area (Å²) in [6.07, 6.45) is 3.32. The van der Waals surface area contributed by atoms with E-state index in [0.717, 1.165) is 31.6 Å². The van der Waals surface area contributed by atoms with E-state index in [1.807, 2.05) is 25.2 Å². The van der Waals surface area contributed by atoms with Crippen LogP contribution in [0.2, 0.25) is 10.0 Å². The molecule has 3 aromatic rings. The van der Waals surface area contributed by atoms with Crippen LogP contribution in [0.15, 0.2) is 48.7 Å². The molecular formula is C20H23Cl2N3. The first kappa shape index (κ1) is 18.3. The van der Waals surface area contributed by atoms with Crippen molar-refractivity contribution in [3.8, 4) is 0 Å². The van der Waals surface area contributed by atoms with Crippen LogP contribution in [0.3, 0.4) is 0 Å². The molecule has 0 fully saturated rings. The molecule has 0 saturated heterocycles. The topological polar surface area (TPSA) is 29.0 Å². The van der Waals surface area contributed by atoms with Crippen LogP contribution in [-0.2, 0) is 13.1 Å². The van der Waals surface area contributed by atoms with E-state index in [1.54, 1.807) is 0 Å². The van der Waals surface area contributed by atoms with E-state index in [2.05, 4.69) is 45.7 Å². The summed E-state index contributed by atoms with van der Waals surface area (Å²) < 4.78 is 2.23. The van der Waals surface area contributed by atoms with Gasteiger partial charge < -0.3 is 15.2 Å². The summed E-state index contributed by atoms with van der Waals surface area (Å²) in [6, 6.07) is 14.1. The summed E-state index contributed by atoms with van der Waals surface area (Å²) in [6.45, 7) is 3.54. The van der Waals surface area contributed by atoms with Crippen molar-refractivity contribution in [1.29, 1.82) is 0 Å². The second-order valence-corrected chi connectivity index (χ2v) is 6.95. The molecule has 0 aliphatic heterocycles. The molecule has 1 aromatic heterocycles. The van der Waals surface area contributed by atoms with Crippen molar-refractivity contribution in [2.24, 2.45) is 0 Å². The predicted octanol–water partition coefficient (Wildman–Crippen LogP) is 4.70. The third-order valence-electron chi connectivity index (χ3n) is 4.36. The van der Waals surface area contributed by atoms with E-state index in [1.165, 1.54) is 16.5 Å². The van der Waals surface area contributed by atoms with E-state index in [9.17, 15) is 0 Å². The Hall–Kier alpha value is -1.52. The van der Waals surface area contributed by atoms with Crippen molar-refractivity contribution < 1.29 is 0 Å². The normalized spacial score (nSPS) is 11.3. The third kappa shape index (κ3) is 4.36. The highest BCUT2D eigenvalue weighted by Crippen LogP contribution is 2.28. The van der Waals surface area contributed by atoms with Crippen LogP contribution in [0.5, 0.6) is 0 Å². The van der Waals surface area contributed by atoms with Gasteiger partial charge in [0.2, 0.25) is 0 Å². The molecule has 25 heavy (non-hydrogen) atoms. The minimum atomic E-state index is 0.665. The number of nitrogens with zero attached hydrogens (tertiary/aromatic N) is 1. The molecule has 132 valence electrons. The number of aromatic nitrogens is 1. The van der Waals surface area contributed by atoms with E-state index >= 15 is 0 Å². The number of nitrogens with one attached hydrogen (secondary N) is 2. The lowest BCUT2D eigenvalue weighted by atomic mass is 10.2. The van der Waals surface area contributed by atoms with Crippen molar-refractivity contribution in [1.82, 2.24) is 15.2 Å². The smallest absolute Gasteiger partial charge is 0.0505 e. The zero-order valence-electron chi connectivity index (χ0n) is 14.4. The van der Waals surface area contributed by atoms with Crippen LogP contribution >= 0.6 is 23.2 Å². The summed E-state index contributed by atoms with van der Waals surface area (Å²) in [5.41, 5.74) is 3.45. The molecule has 0 saturated carbocycles. The van der Waals surface area contributed by atoms with Crippen molar-refractivity contribution in [3.05, 3.63) is 69.8 Å². The van der Waals surface area contributed by atoms with Crippen molar-refractivity contribution in [2.45, 2.75) is 19.5 Å². The van der Waals surface area contributed by atoms with Crippen LogP contribution in [0, 0.1) is 0 Å². The second-order valence-electron chi connectivity index (χ2n) is 6.13. The number of hydrogen-bond acceptors (Lipinski definition) is 2. The van der Waals surface area contributed by atoms with Gasteiger partial charge in [-0.1, -0.05) is 47.5 Å². The molecule has 0 amide bonds. The molecule has 1 heterocycles. The number of halogens is 2. The van der Waals surface area contributed by atoms with E-state index in [4.69, 9.17) is 23.2 Å². The fraction of sp³-hybridized carbons (Fsp3) is 0.300. The number of benzene rings is 2. The van der Waals surface area contributed by atoms with Gasteiger partial charge in [0.15, 0.2) is 0 Å². The third-order valence-corrected chi connectivity index (χ3v) is 5.07. The van der Waals surface area contributed by atoms with Crippen molar-refractivity contribution in [2.75, 3.05) is 20.1 Å². The van der Waals surface area contributed by atoms with Gasteiger partial charge in [-0.3, -0.25) is 0 Å². The standard InChI is InChI=1S/C20H23Cl2N3/c1-23-10-5-11-24-12-15-13-25(20-9-3-2-6-16(15)20)14-17-18(21)7-4-8-19(17)22/h2-4,6-9,13,23-24H,5,10-12,14H2,1H3. The average molecular weight is 376 g/mol. The Bertz CT molecular complexity index is 822. The van der Waals surface area contributed by atoms with Gasteiger partial charge in [-0.25, -0.2) is 0 Å². The zero-order valence-corrected chi connectivity index (χ0v) is 15.9. The minimum absolute atomic E-state index is 0.665. The average Bonchev–Trinajstić information content (AvgIpc) is 2.96. The monoisotopic (exact) mass is 375 g/mol. The first-order valence-electron chi connectivity index (χ1n) is 8.55. The van der Waals surface area contributed by atoms with Gasteiger partial charge in [0.1, 0.15) is 0 Å². The largest absolute Gasteiger partial charge is 0.343 e. The van der Waals surface area contributed by atoms with E-state index < -0.39 is 0 Å². The molecule has 2 N–H and O–H groups in total. The highest BCUT2D eigenvalue weighted by Gasteiger charge is 2.11. The molecule has 0 spiro atoms. The number of fused-ring (bicyclic) bond motifs is 1. The van der Waals surface area contributed by atoms with Crippen LogP contribution in [-0.4, -0.2) is 24.7 Å². The molecule has 0 radical (unpaired) electrons. The Kier molecular flexibility index (Phi) is 6.38. The Balaban J connectivity index is 1.84. The lowest BCUT2D eigenvalue weighted by molar-refractivity contribution is 0.625. The molecule has 5 heteroatoms. The van der Waals surface area contributed by atoms with Crippen molar-refractivity contribution >= 4 is 34.1 Å². The maximum Gasteiger partial charge on any atom is 0.0505 e. The number of para-hydroxylation sites is 1. The lowest BCUT2D eigenvalue weighted by Gasteiger charge is -2.09. The van der Waals surface area contributed by atoms with Gasteiger partial charge in [-0.05, 0) is 50.3 Å². The molecule has 0 atom stereocenters. The molecule has 0 bridgehead atoms. The number of rotatable bonds is 8. The van der Waals surface area contributed by atoms with E-state index in [-0.39, 0.29) is 0 Å². The van der Waals surface area contributed by atoms with Gasteiger partial charge in [0.25, 0.3) is 0 Å². The van der Waals surface area contributed by atoms with Crippen LogP contribution in [0.1, 0.15) is 17.5 Å². The van der Waals surface area contributed by atoms with Gasteiger partial charge in [-0.15, -0.1) is 0 Å². The molecule has 0 unspecified atom stereocenters. The highest BCUT2D eigenvalue weighted by molar-refractivity contribution is 6.36. The molecule has 2 aromatic carbocycles. The SMILES string of the molecule is CNCCCNCc1cn(Cc2c(Cl)cccc2Cl)c2ccccc12.